The molecule has 2 aromatic carbocycles. The van der Waals surface area contributed by atoms with Crippen LogP contribution in [-0.4, -0.2) is 18.4 Å². The van der Waals surface area contributed by atoms with Crippen LogP contribution in [0, 0.1) is 0 Å². The van der Waals surface area contributed by atoms with Crippen LogP contribution in [0.15, 0.2) is 36.4 Å². The molecule has 104 valence electrons. The Kier molecular flexibility index (Phi) is 4.35. The maximum atomic E-state index is 11.1. The van der Waals surface area contributed by atoms with E-state index in [4.69, 9.17) is 0 Å². The third kappa shape index (κ3) is 3.57. The smallest absolute Gasteiger partial charge is 0.221 e. The van der Waals surface area contributed by atoms with E-state index in [0.29, 0.717) is 6.54 Å². The summed E-state index contributed by atoms with van der Waals surface area (Å²) in [5, 5.41) is 7.81. The van der Waals surface area contributed by atoms with Crippen LogP contribution in [0.5, 0.6) is 0 Å². The summed E-state index contributed by atoms with van der Waals surface area (Å²) in [7, 11) is 0. The number of carbonyl (C=O) groups is 2. The van der Waals surface area contributed by atoms with E-state index in [1.807, 2.05) is 36.4 Å². The summed E-state index contributed by atoms with van der Waals surface area (Å²) in [6.45, 7) is 3.61. The lowest BCUT2D eigenvalue weighted by Gasteiger charge is -2.09. The van der Waals surface area contributed by atoms with Crippen molar-refractivity contribution in [2.24, 2.45) is 0 Å². The van der Waals surface area contributed by atoms with Crippen LogP contribution < -0.4 is 10.6 Å². The van der Waals surface area contributed by atoms with Crippen molar-refractivity contribution < 1.29 is 9.59 Å². The molecule has 4 heteroatoms. The normalized spacial score (nSPS) is 10.3. The average Bonchev–Trinajstić information content (AvgIpc) is 2.38. The molecule has 0 aliphatic rings. The molecular weight excluding hydrogens is 252 g/mol. The topological polar surface area (TPSA) is 58.2 Å². The first kappa shape index (κ1) is 14.1. The van der Waals surface area contributed by atoms with Crippen LogP contribution in [0.4, 0.5) is 5.69 Å². The van der Waals surface area contributed by atoms with Crippen LogP contribution >= 0.6 is 0 Å². The molecule has 0 atom stereocenters. The highest BCUT2D eigenvalue weighted by atomic mass is 16.2. The molecule has 0 saturated carbocycles. The lowest BCUT2D eigenvalue weighted by molar-refractivity contribution is -0.119. The van der Waals surface area contributed by atoms with Crippen LogP contribution in [0.25, 0.3) is 10.8 Å². The number of fused-ring (bicyclic) bond motifs is 1. The molecule has 0 heterocycles. The molecule has 2 N–H and O–H groups in total. The number of hydrogen-bond acceptors (Lipinski definition) is 2. The average molecular weight is 270 g/mol. The van der Waals surface area contributed by atoms with Gasteiger partial charge in [-0.2, -0.15) is 0 Å². The van der Waals surface area contributed by atoms with Gasteiger partial charge in [0.25, 0.3) is 0 Å². The van der Waals surface area contributed by atoms with Crippen molar-refractivity contribution in [3.8, 4) is 0 Å². The molecule has 0 aromatic heterocycles. The number of anilines is 1. The van der Waals surface area contributed by atoms with Gasteiger partial charge >= 0.3 is 0 Å². The largest absolute Gasteiger partial charge is 0.356 e. The predicted octanol–water partition coefficient (Wildman–Crippen LogP) is 2.48. The lowest BCUT2D eigenvalue weighted by Crippen LogP contribution is -2.22. The Morgan fingerprint density at radius 1 is 1.05 bits per heavy atom. The van der Waals surface area contributed by atoms with Crippen molar-refractivity contribution in [2.45, 2.75) is 20.3 Å². The third-order valence-electron chi connectivity index (χ3n) is 3.06. The molecule has 2 aromatic rings. The first-order valence-corrected chi connectivity index (χ1v) is 6.60. The van der Waals surface area contributed by atoms with E-state index in [1.54, 1.807) is 0 Å². The van der Waals surface area contributed by atoms with Crippen molar-refractivity contribution in [3.05, 3.63) is 42.0 Å². The molecule has 2 rings (SSSR count). The van der Waals surface area contributed by atoms with E-state index in [2.05, 4.69) is 10.6 Å². The monoisotopic (exact) mass is 270 g/mol. The zero-order valence-corrected chi connectivity index (χ0v) is 11.7. The summed E-state index contributed by atoms with van der Waals surface area (Å²) in [6, 6.07) is 11.9. The molecule has 0 saturated heterocycles. The minimum Gasteiger partial charge on any atom is -0.356 e. The minimum absolute atomic E-state index is 0.0239. The summed E-state index contributed by atoms with van der Waals surface area (Å²) in [4.78, 5) is 22.0. The van der Waals surface area contributed by atoms with Crippen molar-refractivity contribution in [3.63, 3.8) is 0 Å². The number of amides is 2. The number of hydrogen-bond donors (Lipinski definition) is 2. The fourth-order valence-corrected chi connectivity index (χ4v) is 2.21. The Balaban J connectivity index is 2.28. The maximum absolute atomic E-state index is 11.1. The molecule has 0 unspecified atom stereocenters. The van der Waals surface area contributed by atoms with Crippen LogP contribution in [-0.2, 0) is 16.0 Å². The van der Waals surface area contributed by atoms with Gasteiger partial charge in [-0.15, -0.1) is 0 Å². The van der Waals surface area contributed by atoms with Gasteiger partial charge in [-0.05, 0) is 34.9 Å². The third-order valence-corrected chi connectivity index (χ3v) is 3.06. The van der Waals surface area contributed by atoms with E-state index in [9.17, 15) is 9.59 Å². The van der Waals surface area contributed by atoms with E-state index in [-0.39, 0.29) is 11.8 Å². The highest BCUT2D eigenvalue weighted by Gasteiger charge is 2.03. The number of nitrogens with one attached hydrogen (secondary N) is 2. The molecule has 0 fully saturated rings. The second-order valence-corrected chi connectivity index (χ2v) is 4.77. The minimum atomic E-state index is -0.0833. The fraction of sp³-hybridized carbons (Fsp3) is 0.250. The van der Waals surface area contributed by atoms with Gasteiger partial charge in [0, 0.05) is 26.1 Å². The Morgan fingerprint density at radius 2 is 1.85 bits per heavy atom. The van der Waals surface area contributed by atoms with Crippen LogP contribution in [0.1, 0.15) is 19.4 Å². The van der Waals surface area contributed by atoms with E-state index in [0.717, 1.165) is 28.4 Å². The molecular formula is C16H18N2O2. The Labute approximate surface area is 118 Å². The number of benzene rings is 2. The second-order valence-electron chi connectivity index (χ2n) is 4.77. The summed E-state index contributed by atoms with van der Waals surface area (Å²) in [5.74, 6) is -0.107. The summed E-state index contributed by atoms with van der Waals surface area (Å²) in [6.07, 6.45) is 0.764. The molecule has 0 bridgehead atoms. The van der Waals surface area contributed by atoms with Crippen LogP contribution in [0.3, 0.4) is 0 Å². The maximum Gasteiger partial charge on any atom is 0.221 e. The van der Waals surface area contributed by atoms with Gasteiger partial charge in [0.1, 0.15) is 0 Å². The first-order valence-electron chi connectivity index (χ1n) is 6.60. The molecule has 0 radical (unpaired) electrons. The van der Waals surface area contributed by atoms with Gasteiger partial charge in [0.05, 0.1) is 0 Å². The zero-order valence-electron chi connectivity index (χ0n) is 11.7. The van der Waals surface area contributed by atoms with Gasteiger partial charge in [-0.3, -0.25) is 9.59 Å². The molecule has 0 aliphatic carbocycles. The second kappa shape index (κ2) is 6.19. The summed E-state index contributed by atoms with van der Waals surface area (Å²) >= 11 is 0. The number of rotatable bonds is 4. The summed E-state index contributed by atoms with van der Waals surface area (Å²) in [5.41, 5.74) is 1.94. The standard InChI is InChI=1S/C16H18N2O2/c1-11(19)17-9-8-14-5-3-4-13-6-7-15(10-16(13)14)18-12(2)20/h3-7,10H,8-9H2,1-2H3,(H,17,19)(H,18,20). The lowest BCUT2D eigenvalue weighted by atomic mass is 10.0. The Morgan fingerprint density at radius 3 is 2.55 bits per heavy atom. The van der Waals surface area contributed by atoms with E-state index >= 15 is 0 Å². The quantitative estimate of drug-likeness (QED) is 0.896. The SMILES string of the molecule is CC(=O)NCCc1cccc2ccc(NC(C)=O)cc12. The van der Waals surface area contributed by atoms with Crippen LogP contribution in [0.2, 0.25) is 0 Å². The summed E-state index contributed by atoms with van der Waals surface area (Å²) < 4.78 is 0. The predicted molar refractivity (Wildman–Crippen MR) is 80.6 cm³/mol. The Hall–Kier alpha value is -2.36. The highest BCUT2D eigenvalue weighted by molar-refractivity contribution is 5.94. The molecule has 2 amide bonds. The highest BCUT2D eigenvalue weighted by Crippen LogP contribution is 2.23. The number of carbonyl (C=O) groups excluding carboxylic acids is 2. The van der Waals surface area contributed by atoms with Crippen molar-refractivity contribution >= 4 is 28.3 Å². The first-order chi connectivity index (χ1) is 9.56. The van der Waals surface area contributed by atoms with Gasteiger partial charge in [0.2, 0.25) is 11.8 Å². The molecule has 20 heavy (non-hydrogen) atoms. The van der Waals surface area contributed by atoms with E-state index in [1.165, 1.54) is 13.8 Å². The van der Waals surface area contributed by atoms with Crippen molar-refractivity contribution in [2.75, 3.05) is 11.9 Å². The van der Waals surface area contributed by atoms with Gasteiger partial charge < -0.3 is 10.6 Å². The Bertz CT molecular complexity index is 650. The molecule has 0 spiro atoms. The van der Waals surface area contributed by atoms with Crippen molar-refractivity contribution in [1.29, 1.82) is 0 Å². The van der Waals surface area contributed by atoms with Crippen molar-refractivity contribution in [1.82, 2.24) is 5.32 Å². The van der Waals surface area contributed by atoms with Gasteiger partial charge in [-0.25, -0.2) is 0 Å². The van der Waals surface area contributed by atoms with Gasteiger partial charge in [-0.1, -0.05) is 24.3 Å². The molecule has 0 aliphatic heterocycles. The fourth-order valence-electron chi connectivity index (χ4n) is 2.21. The van der Waals surface area contributed by atoms with Gasteiger partial charge in [0.15, 0.2) is 0 Å². The molecule has 4 nitrogen and oxygen atoms in total. The zero-order chi connectivity index (χ0) is 14.5. The van der Waals surface area contributed by atoms with E-state index < -0.39 is 0 Å².